The lowest BCUT2D eigenvalue weighted by atomic mass is 10.2. The maximum atomic E-state index is 5.73. The first-order valence-corrected chi connectivity index (χ1v) is 6.16. The standard InChI is InChI=1S/C13H18N4O2/c1-3-18-12-6-10(7-14)4-5-11(12)19-8-13-16-15-9-17(13)2/h4-6,9H,3,7-8,14H2,1-2H3. The van der Waals surface area contributed by atoms with Gasteiger partial charge in [-0.05, 0) is 24.6 Å². The van der Waals surface area contributed by atoms with E-state index < -0.39 is 0 Å². The van der Waals surface area contributed by atoms with E-state index in [0.717, 1.165) is 11.4 Å². The van der Waals surface area contributed by atoms with Gasteiger partial charge in [-0.2, -0.15) is 0 Å². The summed E-state index contributed by atoms with van der Waals surface area (Å²) in [4.78, 5) is 0. The second-order valence-electron chi connectivity index (χ2n) is 4.06. The van der Waals surface area contributed by atoms with Gasteiger partial charge in [0, 0.05) is 13.6 Å². The Balaban J connectivity index is 2.12. The predicted molar refractivity (Wildman–Crippen MR) is 70.8 cm³/mol. The molecule has 6 heteroatoms. The average Bonchev–Trinajstić information content (AvgIpc) is 2.83. The lowest BCUT2D eigenvalue weighted by molar-refractivity contribution is 0.260. The zero-order chi connectivity index (χ0) is 13.7. The molecule has 2 rings (SSSR count). The number of nitrogens with zero attached hydrogens (tertiary/aromatic N) is 3. The number of benzene rings is 1. The fourth-order valence-electron chi connectivity index (χ4n) is 1.65. The zero-order valence-electron chi connectivity index (χ0n) is 11.2. The molecular formula is C13H18N4O2. The second kappa shape index (κ2) is 6.19. The highest BCUT2D eigenvalue weighted by Crippen LogP contribution is 2.29. The summed E-state index contributed by atoms with van der Waals surface area (Å²) in [6, 6.07) is 5.69. The molecule has 1 heterocycles. The molecule has 19 heavy (non-hydrogen) atoms. The Morgan fingerprint density at radius 1 is 1.26 bits per heavy atom. The number of rotatable bonds is 6. The molecule has 0 atom stereocenters. The van der Waals surface area contributed by atoms with E-state index in [1.807, 2.05) is 36.7 Å². The minimum atomic E-state index is 0.346. The number of ether oxygens (including phenoxy) is 2. The lowest BCUT2D eigenvalue weighted by Crippen LogP contribution is -2.05. The van der Waals surface area contributed by atoms with Gasteiger partial charge in [0.05, 0.1) is 6.61 Å². The van der Waals surface area contributed by atoms with Crippen LogP contribution in [0.15, 0.2) is 24.5 Å². The molecule has 2 N–H and O–H groups in total. The first kappa shape index (κ1) is 13.4. The minimum absolute atomic E-state index is 0.346. The summed E-state index contributed by atoms with van der Waals surface area (Å²) in [7, 11) is 1.87. The van der Waals surface area contributed by atoms with Crippen LogP contribution in [0.4, 0.5) is 0 Å². The first-order chi connectivity index (χ1) is 9.24. The van der Waals surface area contributed by atoms with Crippen LogP contribution >= 0.6 is 0 Å². The van der Waals surface area contributed by atoms with Gasteiger partial charge in [0.25, 0.3) is 0 Å². The highest BCUT2D eigenvalue weighted by atomic mass is 16.5. The van der Waals surface area contributed by atoms with Gasteiger partial charge in [-0.15, -0.1) is 10.2 Å². The van der Waals surface area contributed by atoms with Crippen molar-refractivity contribution in [3.63, 3.8) is 0 Å². The highest BCUT2D eigenvalue weighted by Gasteiger charge is 2.08. The van der Waals surface area contributed by atoms with Crippen LogP contribution in [0, 0.1) is 0 Å². The molecule has 0 saturated heterocycles. The average molecular weight is 262 g/mol. The van der Waals surface area contributed by atoms with E-state index in [1.54, 1.807) is 6.33 Å². The Kier molecular flexibility index (Phi) is 4.35. The molecule has 0 spiro atoms. The summed E-state index contributed by atoms with van der Waals surface area (Å²) in [5.41, 5.74) is 6.63. The van der Waals surface area contributed by atoms with Crippen LogP contribution in [-0.4, -0.2) is 21.4 Å². The van der Waals surface area contributed by atoms with Gasteiger partial charge in [0.2, 0.25) is 0 Å². The van der Waals surface area contributed by atoms with Crippen molar-refractivity contribution in [3.8, 4) is 11.5 Å². The van der Waals surface area contributed by atoms with E-state index in [2.05, 4.69) is 10.2 Å². The smallest absolute Gasteiger partial charge is 0.170 e. The Morgan fingerprint density at radius 2 is 2.11 bits per heavy atom. The maximum absolute atomic E-state index is 5.73. The van der Waals surface area contributed by atoms with Crippen LogP contribution in [0.3, 0.4) is 0 Å². The fraction of sp³-hybridized carbons (Fsp3) is 0.385. The van der Waals surface area contributed by atoms with E-state index in [0.29, 0.717) is 31.3 Å². The molecule has 6 nitrogen and oxygen atoms in total. The predicted octanol–water partition coefficient (Wildman–Crippen LogP) is 1.25. The molecular weight excluding hydrogens is 244 g/mol. The van der Waals surface area contributed by atoms with Crippen LogP contribution in [0.2, 0.25) is 0 Å². The number of nitrogens with two attached hydrogens (primary N) is 1. The number of aryl methyl sites for hydroxylation is 1. The Hall–Kier alpha value is -2.08. The van der Waals surface area contributed by atoms with Crippen LogP contribution in [0.25, 0.3) is 0 Å². The molecule has 0 aliphatic rings. The third kappa shape index (κ3) is 3.23. The molecule has 0 radical (unpaired) electrons. The summed E-state index contributed by atoms with van der Waals surface area (Å²) in [6.45, 7) is 3.33. The molecule has 0 bridgehead atoms. The van der Waals surface area contributed by atoms with E-state index in [9.17, 15) is 0 Å². The molecule has 2 aromatic rings. The molecule has 0 aliphatic heterocycles. The number of hydrogen-bond donors (Lipinski definition) is 1. The molecule has 0 saturated carbocycles. The van der Waals surface area contributed by atoms with Gasteiger partial charge in [0.1, 0.15) is 12.9 Å². The third-order valence-electron chi connectivity index (χ3n) is 2.71. The molecule has 0 amide bonds. The summed E-state index contributed by atoms with van der Waals surface area (Å²) in [5, 5.41) is 7.77. The van der Waals surface area contributed by atoms with Crippen LogP contribution in [0.1, 0.15) is 18.3 Å². The van der Waals surface area contributed by atoms with Crippen molar-refractivity contribution < 1.29 is 9.47 Å². The second-order valence-corrected chi connectivity index (χ2v) is 4.06. The van der Waals surface area contributed by atoms with Gasteiger partial charge in [-0.25, -0.2) is 0 Å². The fourth-order valence-corrected chi connectivity index (χ4v) is 1.65. The van der Waals surface area contributed by atoms with Gasteiger partial charge in [0.15, 0.2) is 17.3 Å². The van der Waals surface area contributed by atoms with Crippen molar-refractivity contribution in [3.05, 3.63) is 35.9 Å². The quantitative estimate of drug-likeness (QED) is 0.848. The molecule has 1 aromatic carbocycles. The van der Waals surface area contributed by atoms with Gasteiger partial charge < -0.3 is 19.8 Å². The monoisotopic (exact) mass is 262 g/mol. The lowest BCUT2D eigenvalue weighted by Gasteiger charge is -2.12. The summed E-state index contributed by atoms with van der Waals surface area (Å²) < 4.78 is 13.1. The van der Waals surface area contributed by atoms with E-state index in [-0.39, 0.29) is 0 Å². The van der Waals surface area contributed by atoms with E-state index >= 15 is 0 Å². The van der Waals surface area contributed by atoms with Crippen molar-refractivity contribution in [1.29, 1.82) is 0 Å². The third-order valence-corrected chi connectivity index (χ3v) is 2.71. The van der Waals surface area contributed by atoms with Crippen molar-refractivity contribution in [2.24, 2.45) is 12.8 Å². The molecule has 0 unspecified atom stereocenters. The van der Waals surface area contributed by atoms with Crippen molar-refractivity contribution >= 4 is 0 Å². The molecule has 102 valence electrons. The topological polar surface area (TPSA) is 75.2 Å². The van der Waals surface area contributed by atoms with Crippen LogP contribution < -0.4 is 15.2 Å². The minimum Gasteiger partial charge on any atom is -0.490 e. The number of hydrogen-bond acceptors (Lipinski definition) is 5. The Bertz CT molecular complexity index is 539. The molecule has 1 aromatic heterocycles. The van der Waals surface area contributed by atoms with Crippen molar-refractivity contribution in [2.75, 3.05) is 6.61 Å². The van der Waals surface area contributed by atoms with E-state index in [1.165, 1.54) is 0 Å². The largest absolute Gasteiger partial charge is 0.490 e. The van der Waals surface area contributed by atoms with Crippen molar-refractivity contribution in [1.82, 2.24) is 14.8 Å². The Morgan fingerprint density at radius 3 is 2.74 bits per heavy atom. The highest BCUT2D eigenvalue weighted by molar-refractivity contribution is 5.43. The molecule has 0 fully saturated rings. The van der Waals surface area contributed by atoms with Crippen molar-refractivity contribution in [2.45, 2.75) is 20.1 Å². The number of aromatic nitrogens is 3. The SMILES string of the molecule is CCOc1cc(CN)ccc1OCc1nncn1C. The Labute approximate surface area is 112 Å². The molecule has 0 aliphatic carbocycles. The van der Waals surface area contributed by atoms with Gasteiger partial charge in [-0.1, -0.05) is 6.07 Å². The van der Waals surface area contributed by atoms with Gasteiger partial charge in [-0.3, -0.25) is 0 Å². The van der Waals surface area contributed by atoms with Crippen LogP contribution in [0.5, 0.6) is 11.5 Å². The van der Waals surface area contributed by atoms with Gasteiger partial charge >= 0.3 is 0 Å². The normalized spacial score (nSPS) is 10.5. The first-order valence-electron chi connectivity index (χ1n) is 6.16. The summed E-state index contributed by atoms with van der Waals surface area (Å²) in [5.74, 6) is 2.14. The maximum Gasteiger partial charge on any atom is 0.170 e. The van der Waals surface area contributed by atoms with E-state index in [4.69, 9.17) is 15.2 Å². The van der Waals surface area contributed by atoms with Crippen LogP contribution in [-0.2, 0) is 20.2 Å². The summed E-state index contributed by atoms with van der Waals surface area (Å²) in [6.07, 6.45) is 1.64. The zero-order valence-corrected chi connectivity index (χ0v) is 11.2. The summed E-state index contributed by atoms with van der Waals surface area (Å²) >= 11 is 0.